The Bertz CT molecular complexity index is 394. The molecule has 1 aliphatic carbocycles. The van der Waals surface area contributed by atoms with Crippen LogP contribution in [0, 0.1) is 5.41 Å². The van der Waals surface area contributed by atoms with Gasteiger partial charge >= 0.3 is 0 Å². The van der Waals surface area contributed by atoms with Gasteiger partial charge in [0.1, 0.15) is 0 Å². The van der Waals surface area contributed by atoms with Crippen molar-refractivity contribution >= 4 is 5.69 Å². The molecule has 0 saturated heterocycles. The van der Waals surface area contributed by atoms with Crippen molar-refractivity contribution in [2.24, 2.45) is 5.41 Å². The zero-order valence-corrected chi connectivity index (χ0v) is 12.3. The monoisotopic (exact) mass is 261 g/mol. The molecule has 1 aromatic carbocycles. The predicted molar refractivity (Wildman–Crippen MR) is 81.6 cm³/mol. The predicted octanol–water partition coefficient (Wildman–Crippen LogP) is 4.16. The zero-order valence-electron chi connectivity index (χ0n) is 12.3. The van der Waals surface area contributed by atoms with Gasteiger partial charge in [-0.1, -0.05) is 45.2 Å². The number of rotatable bonds is 5. The Labute approximate surface area is 117 Å². The van der Waals surface area contributed by atoms with Crippen LogP contribution in [0.25, 0.3) is 0 Å². The van der Waals surface area contributed by atoms with Crippen molar-refractivity contribution in [2.75, 3.05) is 18.5 Å². The lowest BCUT2D eigenvalue weighted by Gasteiger charge is -2.36. The molecule has 0 aliphatic heterocycles. The second kappa shape index (κ2) is 6.42. The van der Waals surface area contributed by atoms with E-state index in [1.165, 1.54) is 30.5 Å². The first-order valence-corrected chi connectivity index (χ1v) is 7.60. The van der Waals surface area contributed by atoms with Gasteiger partial charge in [0.2, 0.25) is 0 Å². The highest BCUT2D eigenvalue weighted by molar-refractivity contribution is 5.46. The summed E-state index contributed by atoms with van der Waals surface area (Å²) in [5.41, 5.74) is 2.66. The van der Waals surface area contributed by atoms with Crippen LogP contribution in [0.15, 0.2) is 24.3 Å². The highest BCUT2D eigenvalue weighted by Gasteiger charge is 2.31. The van der Waals surface area contributed by atoms with Crippen LogP contribution in [0.2, 0.25) is 0 Å². The van der Waals surface area contributed by atoms with E-state index in [1.54, 1.807) is 0 Å². The molecule has 2 heteroatoms. The molecule has 0 aromatic heterocycles. The second-order valence-electron chi connectivity index (χ2n) is 6.35. The van der Waals surface area contributed by atoms with Gasteiger partial charge in [0.25, 0.3) is 0 Å². The fourth-order valence-corrected chi connectivity index (χ4v) is 2.99. The molecule has 0 radical (unpaired) electrons. The third kappa shape index (κ3) is 3.73. The minimum atomic E-state index is 0.103. The first-order chi connectivity index (χ1) is 9.15. The SMILES string of the molecule is CC(C)c1cccc(NCC2(CO)CCCCC2)c1. The van der Waals surface area contributed by atoms with Crippen LogP contribution in [0.1, 0.15) is 57.4 Å². The third-order valence-corrected chi connectivity index (χ3v) is 4.47. The van der Waals surface area contributed by atoms with Crippen molar-refractivity contribution < 1.29 is 5.11 Å². The van der Waals surface area contributed by atoms with E-state index in [0.29, 0.717) is 12.5 Å². The topological polar surface area (TPSA) is 32.3 Å². The van der Waals surface area contributed by atoms with E-state index in [9.17, 15) is 5.11 Å². The minimum Gasteiger partial charge on any atom is -0.396 e. The molecular formula is C17H27NO. The fourth-order valence-electron chi connectivity index (χ4n) is 2.99. The van der Waals surface area contributed by atoms with Crippen molar-refractivity contribution in [3.63, 3.8) is 0 Å². The van der Waals surface area contributed by atoms with Gasteiger partial charge < -0.3 is 10.4 Å². The average Bonchev–Trinajstić information content (AvgIpc) is 2.46. The molecule has 1 fully saturated rings. The van der Waals surface area contributed by atoms with Crippen LogP contribution in [-0.2, 0) is 0 Å². The Balaban J connectivity index is 1.99. The van der Waals surface area contributed by atoms with E-state index >= 15 is 0 Å². The number of anilines is 1. The first-order valence-electron chi connectivity index (χ1n) is 7.60. The summed E-state index contributed by atoms with van der Waals surface area (Å²) in [5.74, 6) is 0.559. The molecule has 0 unspecified atom stereocenters. The summed E-state index contributed by atoms with van der Waals surface area (Å²) in [5, 5.41) is 13.3. The Morgan fingerprint density at radius 1 is 1.21 bits per heavy atom. The molecule has 1 aliphatic rings. The van der Waals surface area contributed by atoms with Crippen LogP contribution in [-0.4, -0.2) is 18.3 Å². The standard InChI is InChI=1S/C17H27NO/c1-14(2)15-7-6-8-16(11-15)18-12-17(13-19)9-4-3-5-10-17/h6-8,11,14,18-19H,3-5,9-10,12-13H2,1-2H3. The molecule has 0 bridgehead atoms. The Morgan fingerprint density at radius 3 is 2.58 bits per heavy atom. The van der Waals surface area contributed by atoms with E-state index in [2.05, 4.69) is 43.4 Å². The number of hydrogen-bond acceptors (Lipinski definition) is 2. The van der Waals surface area contributed by atoms with Crippen molar-refractivity contribution in [1.82, 2.24) is 0 Å². The summed E-state index contributed by atoms with van der Waals surface area (Å²) in [6.07, 6.45) is 6.15. The molecule has 2 rings (SSSR count). The summed E-state index contributed by atoms with van der Waals surface area (Å²) in [6, 6.07) is 8.65. The third-order valence-electron chi connectivity index (χ3n) is 4.47. The van der Waals surface area contributed by atoms with Crippen LogP contribution in [0.4, 0.5) is 5.69 Å². The number of aliphatic hydroxyl groups is 1. The van der Waals surface area contributed by atoms with Crippen molar-refractivity contribution in [3.8, 4) is 0 Å². The van der Waals surface area contributed by atoms with Gasteiger partial charge in [-0.05, 0) is 36.5 Å². The lowest BCUT2D eigenvalue weighted by atomic mass is 9.74. The minimum absolute atomic E-state index is 0.103. The van der Waals surface area contributed by atoms with Crippen LogP contribution < -0.4 is 5.32 Å². The molecule has 1 saturated carbocycles. The Hall–Kier alpha value is -1.02. The summed E-state index contributed by atoms with van der Waals surface area (Å²) in [7, 11) is 0. The molecule has 19 heavy (non-hydrogen) atoms. The summed E-state index contributed by atoms with van der Waals surface area (Å²) in [6.45, 7) is 5.64. The van der Waals surface area contributed by atoms with Gasteiger partial charge in [0, 0.05) is 17.6 Å². The van der Waals surface area contributed by atoms with Gasteiger partial charge in [0.05, 0.1) is 6.61 Å². The van der Waals surface area contributed by atoms with E-state index in [0.717, 1.165) is 19.4 Å². The smallest absolute Gasteiger partial charge is 0.0504 e. The molecule has 0 atom stereocenters. The quantitative estimate of drug-likeness (QED) is 0.834. The maximum Gasteiger partial charge on any atom is 0.0504 e. The lowest BCUT2D eigenvalue weighted by Crippen LogP contribution is -2.35. The molecule has 106 valence electrons. The molecular weight excluding hydrogens is 234 g/mol. The second-order valence-corrected chi connectivity index (χ2v) is 6.35. The van der Waals surface area contributed by atoms with Crippen LogP contribution in [0.5, 0.6) is 0 Å². The van der Waals surface area contributed by atoms with Crippen molar-refractivity contribution in [1.29, 1.82) is 0 Å². The summed E-state index contributed by atoms with van der Waals surface area (Å²) in [4.78, 5) is 0. The van der Waals surface area contributed by atoms with Crippen LogP contribution in [0.3, 0.4) is 0 Å². The van der Waals surface area contributed by atoms with Gasteiger partial charge in [0.15, 0.2) is 0 Å². The van der Waals surface area contributed by atoms with Gasteiger partial charge in [-0.25, -0.2) is 0 Å². The Morgan fingerprint density at radius 2 is 1.95 bits per heavy atom. The van der Waals surface area contributed by atoms with E-state index in [1.807, 2.05) is 0 Å². The van der Waals surface area contributed by atoms with E-state index in [4.69, 9.17) is 0 Å². The average molecular weight is 261 g/mol. The maximum atomic E-state index is 9.72. The van der Waals surface area contributed by atoms with Gasteiger partial charge in [-0.2, -0.15) is 0 Å². The van der Waals surface area contributed by atoms with Crippen LogP contribution >= 0.6 is 0 Å². The number of hydrogen-bond donors (Lipinski definition) is 2. The van der Waals surface area contributed by atoms with Gasteiger partial charge in [-0.15, -0.1) is 0 Å². The largest absolute Gasteiger partial charge is 0.396 e. The summed E-state index contributed by atoms with van der Waals surface area (Å²) >= 11 is 0. The highest BCUT2D eigenvalue weighted by atomic mass is 16.3. The lowest BCUT2D eigenvalue weighted by molar-refractivity contribution is 0.0944. The number of nitrogens with one attached hydrogen (secondary N) is 1. The summed E-state index contributed by atoms with van der Waals surface area (Å²) < 4.78 is 0. The Kier molecular flexibility index (Phi) is 4.87. The number of benzene rings is 1. The van der Waals surface area contributed by atoms with Gasteiger partial charge in [-0.3, -0.25) is 0 Å². The molecule has 2 N–H and O–H groups in total. The molecule has 1 aromatic rings. The van der Waals surface area contributed by atoms with Crippen molar-refractivity contribution in [2.45, 2.75) is 51.9 Å². The number of aliphatic hydroxyl groups excluding tert-OH is 1. The molecule has 2 nitrogen and oxygen atoms in total. The first kappa shape index (κ1) is 14.4. The van der Waals surface area contributed by atoms with Crippen molar-refractivity contribution in [3.05, 3.63) is 29.8 Å². The molecule has 0 amide bonds. The molecule has 0 spiro atoms. The zero-order chi connectivity index (χ0) is 13.7. The maximum absolute atomic E-state index is 9.72. The molecule has 0 heterocycles. The van der Waals surface area contributed by atoms with E-state index in [-0.39, 0.29) is 5.41 Å². The normalized spacial score (nSPS) is 18.5. The fraction of sp³-hybridized carbons (Fsp3) is 0.647. The highest BCUT2D eigenvalue weighted by Crippen LogP contribution is 2.36. The van der Waals surface area contributed by atoms with E-state index < -0.39 is 0 Å².